The second-order valence-electron chi connectivity index (χ2n) is 7.19. The molecule has 4 heteroatoms. The molecule has 150 valence electrons. The summed E-state index contributed by atoms with van der Waals surface area (Å²) in [5, 5.41) is 0.757. The molecule has 3 aromatic rings. The Kier molecular flexibility index (Phi) is 7.31. The normalized spacial score (nSPS) is 12.2. The second-order valence-corrected chi connectivity index (χ2v) is 7.59. The minimum Gasteiger partial charge on any atom is -0.345 e. The zero-order valence-electron chi connectivity index (χ0n) is 17.0. The fourth-order valence-corrected chi connectivity index (χ4v) is 3.43. The van der Waals surface area contributed by atoms with Gasteiger partial charge in [0.2, 0.25) is 5.91 Å². The van der Waals surface area contributed by atoms with Crippen LogP contribution in [-0.4, -0.2) is 21.4 Å². The molecule has 0 radical (unpaired) electrons. The molecule has 0 unspecified atom stereocenters. The average molecular weight is 407 g/mol. The van der Waals surface area contributed by atoms with Gasteiger partial charge < -0.3 is 9.47 Å². The van der Waals surface area contributed by atoms with Crippen LogP contribution in [-0.2, 0) is 17.9 Å². The molecule has 1 aromatic heterocycles. The van der Waals surface area contributed by atoms with E-state index in [1.54, 1.807) is 6.08 Å². The van der Waals surface area contributed by atoms with Gasteiger partial charge in [-0.15, -0.1) is 0 Å². The Hall–Kier alpha value is -2.78. The number of aromatic nitrogens is 1. The van der Waals surface area contributed by atoms with Crippen LogP contribution >= 0.6 is 11.6 Å². The Bertz CT molecular complexity index is 962. The van der Waals surface area contributed by atoms with Gasteiger partial charge >= 0.3 is 0 Å². The number of carbonyl (C=O) groups excluding carboxylic acids is 1. The lowest BCUT2D eigenvalue weighted by atomic mass is 10.1. The SMILES string of the molecule is CC[C@H](C)N(Cc1cccn1Cc1ccccc1Cl)C(=O)/C=C/c1ccccc1. The summed E-state index contributed by atoms with van der Waals surface area (Å²) in [6.07, 6.45) is 6.48. The molecule has 0 bridgehead atoms. The molecule has 0 aliphatic heterocycles. The zero-order chi connectivity index (χ0) is 20.6. The van der Waals surface area contributed by atoms with Crippen LogP contribution in [0.15, 0.2) is 79.0 Å². The first-order valence-corrected chi connectivity index (χ1v) is 10.4. The van der Waals surface area contributed by atoms with Crippen LogP contribution in [0, 0.1) is 0 Å². The molecule has 3 nitrogen and oxygen atoms in total. The van der Waals surface area contributed by atoms with Gasteiger partial charge in [-0.3, -0.25) is 4.79 Å². The van der Waals surface area contributed by atoms with Crippen LogP contribution in [0.25, 0.3) is 6.08 Å². The Balaban J connectivity index is 1.78. The van der Waals surface area contributed by atoms with E-state index in [0.29, 0.717) is 13.1 Å². The van der Waals surface area contributed by atoms with Crippen molar-refractivity contribution in [1.82, 2.24) is 9.47 Å². The van der Waals surface area contributed by atoms with Crippen LogP contribution in [0.2, 0.25) is 5.02 Å². The highest BCUT2D eigenvalue weighted by Gasteiger charge is 2.19. The fourth-order valence-electron chi connectivity index (χ4n) is 3.23. The standard InChI is InChI=1S/C25H27ClN2O/c1-3-20(2)28(25(29)16-15-21-10-5-4-6-11-21)19-23-13-9-17-27(23)18-22-12-7-8-14-24(22)26/h4-17,20H,3,18-19H2,1-2H3/b16-15+/t20-/m0/s1. The molecule has 2 aromatic carbocycles. The van der Waals surface area contributed by atoms with E-state index in [1.165, 1.54) is 0 Å². The molecule has 0 N–H and O–H groups in total. The predicted octanol–water partition coefficient (Wildman–Crippen LogP) is 6.03. The van der Waals surface area contributed by atoms with Gasteiger partial charge in [-0.2, -0.15) is 0 Å². The summed E-state index contributed by atoms with van der Waals surface area (Å²) in [5.41, 5.74) is 3.18. The maximum Gasteiger partial charge on any atom is 0.247 e. The highest BCUT2D eigenvalue weighted by Crippen LogP contribution is 2.19. The molecule has 29 heavy (non-hydrogen) atoms. The molecule has 0 fully saturated rings. The first kappa shape index (κ1) is 20.9. The molecule has 0 aliphatic carbocycles. The highest BCUT2D eigenvalue weighted by molar-refractivity contribution is 6.31. The number of benzene rings is 2. The summed E-state index contributed by atoms with van der Waals surface area (Å²) in [6.45, 7) is 5.44. The number of rotatable bonds is 8. The lowest BCUT2D eigenvalue weighted by molar-refractivity contribution is -0.128. The number of hydrogen-bond acceptors (Lipinski definition) is 1. The van der Waals surface area contributed by atoms with Gasteiger partial charge in [0.15, 0.2) is 0 Å². The van der Waals surface area contributed by atoms with Crippen molar-refractivity contribution in [2.75, 3.05) is 0 Å². The molecule has 1 atom stereocenters. The quantitative estimate of drug-likeness (QED) is 0.419. The fraction of sp³-hybridized carbons (Fsp3) is 0.240. The summed E-state index contributed by atoms with van der Waals surface area (Å²) >= 11 is 6.34. The summed E-state index contributed by atoms with van der Waals surface area (Å²) in [7, 11) is 0. The average Bonchev–Trinajstić information content (AvgIpc) is 3.18. The molecule has 0 saturated carbocycles. The molecule has 0 saturated heterocycles. The second kappa shape index (κ2) is 10.1. The van der Waals surface area contributed by atoms with E-state index in [1.807, 2.05) is 77.8 Å². The van der Waals surface area contributed by atoms with Crippen LogP contribution in [0.5, 0.6) is 0 Å². The third-order valence-electron chi connectivity index (χ3n) is 5.18. The topological polar surface area (TPSA) is 25.2 Å². The van der Waals surface area contributed by atoms with Crippen LogP contribution in [0.4, 0.5) is 0 Å². The van der Waals surface area contributed by atoms with E-state index in [2.05, 4.69) is 24.5 Å². The summed E-state index contributed by atoms with van der Waals surface area (Å²) in [5.74, 6) is 0.0219. The van der Waals surface area contributed by atoms with Crippen molar-refractivity contribution in [1.29, 1.82) is 0 Å². The number of halogens is 1. The summed E-state index contributed by atoms with van der Waals surface area (Å²) in [4.78, 5) is 14.9. The minimum atomic E-state index is 0.0219. The lowest BCUT2D eigenvalue weighted by Gasteiger charge is -2.28. The van der Waals surface area contributed by atoms with Gasteiger partial charge in [-0.25, -0.2) is 0 Å². The van der Waals surface area contributed by atoms with Gasteiger partial charge in [0.25, 0.3) is 0 Å². The van der Waals surface area contributed by atoms with E-state index in [0.717, 1.165) is 28.3 Å². The van der Waals surface area contributed by atoms with Crippen LogP contribution < -0.4 is 0 Å². The van der Waals surface area contributed by atoms with Crippen molar-refractivity contribution < 1.29 is 4.79 Å². The zero-order valence-corrected chi connectivity index (χ0v) is 17.7. The number of nitrogens with zero attached hydrogens (tertiary/aromatic N) is 2. The minimum absolute atomic E-state index is 0.0219. The maximum atomic E-state index is 13.0. The van der Waals surface area contributed by atoms with Crippen molar-refractivity contribution in [3.8, 4) is 0 Å². The van der Waals surface area contributed by atoms with Crippen LogP contribution in [0.3, 0.4) is 0 Å². The van der Waals surface area contributed by atoms with E-state index in [-0.39, 0.29) is 11.9 Å². The van der Waals surface area contributed by atoms with Crippen molar-refractivity contribution >= 4 is 23.6 Å². The van der Waals surface area contributed by atoms with Crippen LogP contribution in [0.1, 0.15) is 37.1 Å². The smallest absolute Gasteiger partial charge is 0.247 e. The number of amides is 1. The first-order chi connectivity index (χ1) is 14.1. The van der Waals surface area contributed by atoms with Crippen molar-refractivity contribution in [3.05, 3.63) is 101 Å². The van der Waals surface area contributed by atoms with Crippen molar-refractivity contribution in [2.45, 2.75) is 39.4 Å². The molecule has 0 spiro atoms. The maximum absolute atomic E-state index is 13.0. The van der Waals surface area contributed by atoms with Gasteiger partial charge in [0.05, 0.1) is 6.54 Å². The summed E-state index contributed by atoms with van der Waals surface area (Å²) < 4.78 is 2.16. The largest absolute Gasteiger partial charge is 0.345 e. The van der Waals surface area contributed by atoms with Gasteiger partial charge in [0, 0.05) is 35.6 Å². The predicted molar refractivity (Wildman–Crippen MR) is 121 cm³/mol. The lowest BCUT2D eigenvalue weighted by Crippen LogP contribution is -2.37. The monoisotopic (exact) mass is 406 g/mol. The van der Waals surface area contributed by atoms with E-state index in [4.69, 9.17) is 11.6 Å². The third kappa shape index (κ3) is 5.61. The van der Waals surface area contributed by atoms with Gasteiger partial charge in [0.1, 0.15) is 0 Å². The Morgan fingerprint density at radius 3 is 2.52 bits per heavy atom. The Morgan fingerprint density at radius 1 is 1.07 bits per heavy atom. The molecule has 1 heterocycles. The molecular weight excluding hydrogens is 380 g/mol. The highest BCUT2D eigenvalue weighted by atomic mass is 35.5. The van der Waals surface area contributed by atoms with E-state index < -0.39 is 0 Å². The first-order valence-electron chi connectivity index (χ1n) is 9.99. The number of hydrogen-bond donors (Lipinski definition) is 0. The van der Waals surface area contributed by atoms with Gasteiger partial charge in [-0.05, 0) is 48.7 Å². The summed E-state index contributed by atoms with van der Waals surface area (Å²) in [6, 6.07) is 22.0. The van der Waals surface area contributed by atoms with E-state index >= 15 is 0 Å². The van der Waals surface area contributed by atoms with E-state index in [9.17, 15) is 4.79 Å². The number of carbonyl (C=O) groups is 1. The Morgan fingerprint density at radius 2 is 1.79 bits per heavy atom. The molecule has 0 aliphatic rings. The van der Waals surface area contributed by atoms with Gasteiger partial charge in [-0.1, -0.05) is 67.1 Å². The molecule has 3 rings (SSSR count). The Labute approximate surface area is 178 Å². The van der Waals surface area contributed by atoms with Crippen molar-refractivity contribution in [2.24, 2.45) is 0 Å². The molecule has 1 amide bonds. The van der Waals surface area contributed by atoms with Crippen molar-refractivity contribution in [3.63, 3.8) is 0 Å². The molecular formula is C25H27ClN2O. The third-order valence-corrected chi connectivity index (χ3v) is 5.55.